The quantitative estimate of drug-likeness (QED) is 0.917. The molecule has 1 heterocycles. The predicted octanol–water partition coefficient (Wildman–Crippen LogP) is 3.36. The van der Waals surface area contributed by atoms with Crippen LogP contribution in [0.4, 0.5) is 13.2 Å². The van der Waals surface area contributed by atoms with E-state index in [2.05, 4.69) is 5.32 Å². The largest absolute Gasteiger partial charge is 0.449 e. The molecule has 0 radical (unpaired) electrons. The lowest BCUT2D eigenvalue weighted by Crippen LogP contribution is -2.38. The van der Waals surface area contributed by atoms with Crippen LogP contribution in [0.2, 0.25) is 0 Å². The number of hydrogen-bond donors (Lipinski definition) is 1. The molecule has 0 bridgehead atoms. The van der Waals surface area contributed by atoms with E-state index >= 15 is 0 Å². The molecule has 1 N–H and O–H groups in total. The topological polar surface area (TPSA) is 49.0 Å². The molecule has 0 saturated heterocycles. The standard InChI is InChI=1S/C13H15F3N2O/c14-13(15,16)9-2-1-3-10(6-9)18-8-12-5-4-11(7-17)19-12/h4-5,9-10,18H,1-3,6,8H2. The molecule has 1 aliphatic rings. The lowest BCUT2D eigenvalue weighted by molar-refractivity contribution is -0.183. The molecule has 19 heavy (non-hydrogen) atoms. The summed E-state index contributed by atoms with van der Waals surface area (Å²) in [5, 5.41) is 11.7. The zero-order chi connectivity index (χ0) is 13.9. The van der Waals surface area contributed by atoms with Crippen LogP contribution in [0.1, 0.15) is 37.2 Å². The van der Waals surface area contributed by atoms with E-state index in [1.807, 2.05) is 6.07 Å². The highest BCUT2D eigenvalue weighted by molar-refractivity contribution is 5.18. The molecule has 0 aliphatic heterocycles. The van der Waals surface area contributed by atoms with E-state index in [0.717, 1.165) is 6.42 Å². The summed E-state index contributed by atoms with van der Waals surface area (Å²) in [5.74, 6) is -0.413. The molecule has 2 atom stereocenters. The Kier molecular flexibility index (Phi) is 4.15. The lowest BCUT2D eigenvalue weighted by atomic mass is 9.85. The smallest absolute Gasteiger partial charge is 0.391 e. The average molecular weight is 272 g/mol. The summed E-state index contributed by atoms with van der Waals surface area (Å²) in [7, 11) is 0. The molecule has 0 amide bonds. The highest BCUT2D eigenvalue weighted by Crippen LogP contribution is 2.37. The third kappa shape index (κ3) is 3.74. The van der Waals surface area contributed by atoms with Crippen molar-refractivity contribution < 1.29 is 17.6 Å². The molecule has 2 rings (SSSR count). The Labute approximate surface area is 109 Å². The summed E-state index contributed by atoms with van der Waals surface area (Å²) >= 11 is 0. The molecule has 104 valence electrons. The summed E-state index contributed by atoms with van der Waals surface area (Å²) in [6.07, 6.45) is -2.42. The summed E-state index contributed by atoms with van der Waals surface area (Å²) in [6, 6.07) is 4.94. The van der Waals surface area contributed by atoms with Crippen molar-refractivity contribution in [3.63, 3.8) is 0 Å². The zero-order valence-electron chi connectivity index (χ0n) is 10.3. The molecule has 1 aliphatic carbocycles. The summed E-state index contributed by atoms with van der Waals surface area (Å²) in [4.78, 5) is 0. The number of furan rings is 1. The van der Waals surface area contributed by atoms with Gasteiger partial charge in [0.2, 0.25) is 5.76 Å². The van der Waals surface area contributed by atoms with Gasteiger partial charge in [0.05, 0.1) is 12.5 Å². The van der Waals surface area contributed by atoms with Gasteiger partial charge in [-0.2, -0.15) is 18.4 Å². The number of rotatable bonds is 3. The lowest BCUT2D eigenvalue weighted by Gasteiger charge is -2.30. The third-order valence-corrected chi connectivity index (χ3v) is 3.47. The molecule has 6 heteroatoms. The van der Waals surface area contributed by atoms with E-state index in [9.17, 15) is 13.2 Å². The number of nitrogens with zero attached hydrogens (tertiary/aromatic N) is 1. The molecular weight excluding hydrogens is 257 g/mol. The van der Waals surface area contributed by atoms with Crippen LogP contribution in [-0.2, 0) is 6.54 Å². The highest BCUT2D eigenvalue weighted by Gasteiger charge is 2.41. The van der Waals surface area contributed by atoms with Crippen LogP contribution >= 0.6 is 0 Å². The molecule has 1 aromatic heterocycles. The minimum Gasteiger partial charge on any atom is -0.449 e. The number of nitriles is 1. The molecule has 2 unspecified atom stereocenters. The van der Waals surface area contributed by atoms with Crippen LogP contribution in [0.25, 0.3) is 0 Å². The van der Waals surface area contributed by atoms with Crippen LogP contribution in [-0.4, -0.2) is 12.2 Å². The van der Waals surface area contributed by atoms with Gasteiger partial charge in [-0.25, -0.2) is 0 Å². The van der Waals surface area contributed by atoms with E-state index in [1.54, 1.807) is 12.1 Å². The second-order valence-corrected chi connectivity index (χ2v) is 4.86. The van der Waals surface area contributed by atoms with Gasteiger partial charge in [0.1, 0.15) is 11.8 Å². The second-order valence-electron chi connectivity index (χ2n) is 4.86. The van der Waals surface area contributed by atoms with Gasteiger partial charge in [0.15, 0.2) is 0 Å². The molecule has 0 aromatic carbocycles. The number of alkyl halides is 3. The van der Waals surface area contributed by atoms with Gasteiger partial charge in [0, 0.05) is 6.04 Å². The third-order valence-electron chi connectivity index (χ3n) is 3.47. The van der Waals surface area contributed by atoms with Crippen molar-refractivity contribution in [1.82, 2.24) is 5.32 Å². The number of nitrogens with one attached hydrogen (secondary N) is 1. The first-order valence-electron chi connectivity index (χ1n) is 6.28. The molecule has 1 saturated carbocycles. The van der Waals surface area contributed by atoms with Crippen LogP contribution in [0.3, 0.4) is 0 Å². The van der Waals surface area contributed by atoms with E-state index in [0.29, 0.717) is 18.7 Å². The van der Waals surface area contributed by atoms with Crippen LogP contribution in [0.15, 0.2) is 16.5 Å². The zero-order valence-corrected chi connectivity index (χ0v) is 10.3. The van der Waals surface area contributed by atoms with Crippen LogP contribution in [0, 0.1) is 17.2 Å². The number of halogens is 3. The molecule has 1 fully saturated rings. The minimum absolute atomic E-state index is 0.120. The molecule has 0 spiro atoms. The first kappa shape index (κ1) is 13.9. The van der Waals surface area contributed by atoms with E-state index < -0.39 is 12.1 Å². The monoisotopic (exact) mass is 272 g/mol. The van der Waals surface area contributed by atoms with Crippen molar-refractivity contribution in [3.05, 3.63) is 23.7 Å². The first-order valence-corrected chi connectivity index (χ1v) is 6.28. The van der Waals surface area contributed by atoms with Crippen LogP contribution < -0.4 is 5.32 Å². The van der Waals surface area contributed by atoms with Gasteiger partial charge in [-0.1, -0.05) is 6.42 Å². The van der Waals surface area contributed by atoms with Gasteiger partial charge in [-0.3, -0.25) is 0 Å². The Morgan fingerprint density at radius 2 is 2.16 bits per heavy atom. The molecular formula is C13H15F3N2O. The highest BCUT2D eigenvalue weighted by atomic mass is 19.4. The van der Waals surface area contributed by atoms with Crippen LogP contribution in [0.5, 0.6) is 0 Å². The SMILES string of the molecule is N#Cc1ccc(CNC2CCCC(C(F)(F)F)C2)o1. The molecule has 3 nitrogen and oxygen atoms in total. The van der Waals surface area contributed by atoms with Crippen molar-refractivity contribution >= 4 is 0 Å². The van der Waals surface area contributed by atoms with Gasteiger partial charge in [0.25, 0.3) is 0 Å². The Morgan fingerprint density at radius 3 is 2.79 bits per heavy atom. The predicted molar refractivity (Wildman–Crippen MR) is 62.1 cm³/mol. The van der Waals surface area contributed by atoms with E-state index in [1.165, 1.54) is 0 Å². The van der Waals surface area contributed by atoms with Gasteiger partial charge < -0.3 is 9.73 Å². The van der Waals surface area contributed by atoms with Gasteiger partial charge >= 0.3 is 6.18 Å². The Morgan fingerprint density at radius 1 is 1.37 bits per heavy atom. The average Bonchev–Trinajstić information content (AvgIpc) is 2.84. The van der Waals surface area contributed by atoms with E-state index in [4.69, 9.17) is 9.68 Å². The van der Waals surface area contributed by atoms with Crippen molar-refractivity contribution in [2.45, 2.75) is 44.4 Å². The van der Waals surface area contributed by atoms with Crippen molar-refractivity contribution in [2.75, 3.05) is 0 Å². The summed E-state index contributed by atoms with van der Waals surface area (Å²) in [5.41, 5.74) is 0. The normalized spacial score (nSPS) is 24.1. The number of hydrogen-bond acceptors (Lipinski definition) is 3. The summed E-state index contributed by atoms with van der Waals surface area (Å²) in [6.45, 7) is 0.358. The maximum Gasteiger partial charge on any atom is 0.391 e. The first-order chi connectivity index (χ1) is 8.99. The van der Waals surface area contributed by atoms with Crippen molar-refractivity contribution in [3.8, 4) is 6.07 Å². The summed E-state index contributed by atoms with van der Waals surface area (Å²) < 4.78 is 43.1. The fourth-order valence-electron chi connectivity index (χ4n) is 2.45. The minimum atomic E-state index is -4.10. The van der Waals surface area contributed by atoms with Crippen molar-refractivity contribution in [2.24, 2.45) is 5.92 Å². The Balaban J connectivity index is 1.84. The second kappa shape index (κ2) is 5.66. The fourth-order valence-corrected chi connectivity index (χ4v) is 2.45. The van der Waals surface area contributed by atoms with Gasteiger partial charge in [-0.05, 0) is 31.4 Å². The Bertz CT molecular complexity index is 461. The maximum absolute atomic E-state index is 12.6. The van der Waals surface area contributed by atoms with E-state index in [-0.39, 0.29) is 24.6 Å². The molecule has 1 aromatic rings. The van der Waals surface area contributed by atoms with Crippen molar-refractivity contribution in [1.29, 1.82) is 5.26 Å². The Hall–Kier alpha value is -1.48. The van der Waals surface area contributed by atoms with Gasteiger partial charge in [-0.15, -0.1) is 0 Å². The maximum atomic E-state index is 12.6. The fraction of sp³-hybridized carbons (Fsp3) is 0.615.